The Morgan fingerprint density at radius 3 is 2.61 bits per heavy atom. The van der Waals surface area contributed by atoms with Crippen LogP contribution in [0.3, 0.4) is 0 Å². The van der Waals surface area contributed by atoms with Gasteiger partial charge in [-0.15, -0.1) is 0 Å². The highest BCUT2D eigenvalue weighted by atomic mass is 35.5. The SMILES string of the molecule is CN1C(=O)C(=Cc2ccccc2Cl)Sc2ccc(C(=O)N3CCCCC3)cc21. The van der Waals surface area contributed by atoms with E-state index in [-0.39, 0.29) is 11.8 Å². The molecule has 2 amide bonds. The molecule has 2 heterocycles. The number of rotatable bonds is 2. The molecule has 144 valence electrons. The third-order valence-electron chi connectivity index (χ3n) is 5.14. The molecule has 0 spiro atoms. The summed E-state index contributed by atoms with van der Waals surface area (Å²) in [6.07, 6.45) is 5.12. The molecule has 0 aromatic heterocycles. The predicted octanol–water partition coefficient (Wildman–Crippen LogP) is 5.08. The smallest absolute Gasteiger partial charge is 0.264 e. The van der Waals surface area contributed by atoms with Crippen LogP contribution in [-0.4, -0.2) is 36.9 Å². The normalized spacial score (nSPS) is 18.4. The first kappa shape index (κ1) is 19.1. The summed E-state index contributed by atoms with van der Waals surface area (Å²) in [7, 11) is 1.75. The lowest BCUT2D eigenvalue weighted by Crippen LogP contribution is -2.36. The van der Waals surface area contributed by atoms with Gasteiger partial charge in [0.15, 0.2) is 0 Å². The number of amides is 2. The van der Waals surface area contributed by atoms with Crippen LogP contribution in [0.25, 0.3) is 6.08 Å². The summed E-state index contributed by atoms with van der Waals surface area (Å²) in [5, 5.41) is 0.610. The maximum absolute atomic E-state index is 12.9. The van der Waals surface area contributed by atoms with Crippen LogP contribution in [0.2, 0.25) is 5.02 Å². The molecule has 6 heteroatoms. The second-order valence-corrected chi connectivity index (χ2v) is 8.52. The number of likely N-dealkylation sites (tertiary alicyclic amines) is 1. The van der Waals surface area contributed by atoms with E-state index >= 15 is 0 Å². The summed E-state index contributed by atoms with van der Waals surface area (Å²) < 4.78 is 0. The fraction of sp³-hybridized carbons (Fsp3) is 0.273. The minimum atomic E-state index is -0.0972. The van der Waals surface area contributed by atoms with Gasteiger partial charge in [-0.05, 0) is 55.2 Å². The van der Waals surface area contributed by atoms with Crippen LogP contribution in [0.15, 0.2) is 52.3 Å². The van der Waals surface area contributed by atoms with E-state index in [0.717, 1.165) is 42.1 Å². The highest BCUT2D eigenvalue weighted by Gasteiger charge is 2.28. The highest BCUT2D eigenvalue weighted by molar-refractivity contribution is 8.04. The van der Waals surface area contributed by atoms with Crippen molar-refractivity contribution in [3.63, 3.8) is 0 Å². The Morgan fingerprint density at radius 2 is 1.86 bits per heavy atom. The molecule has 2 aliphatic heterocycles. The zero-order valence-corrected chi connectivity index (χ0v) is 17.2. The summed E-state index contributed by atoms with van der Waals surface area (Å²) in [5.41, 5.74) is 2.22. The van der Waals surface area contributed by atoms with Gasteiger partial charge < -0.3 is 9.80 Å². The van der Waals surface area contributed by atoms with Gasteiger partial charge in [-0.2, -0.15) is 0 Å². The Kier molecular flexibility index (Phi) is 5.47. The first-order valence-electron chi connectivity index (χ1n) is 9.40. The molecule has 0 aliphatic carbocycles. The maximum Gasteiger partial charge on any atom is 0.264 e. The standard InChI is InChI=1S/C22H21ClN2O2S/c1-24-18-13-16(21(26)25-11-5-2-6-12-25)9-10-19(18)28-20(22(24)27)14-15-7-3-4-8-17(15)23/h3-4,7-10,13-14H,2,5-6,11-12H2,1H3. The van der Waals surface area contributed by atoms with Gasteiger partial charge in [-0.1, -0.05) is 41.6 Å². The van der Waals surface area contributed by atoms with Crippen LogP contribution < -0.4 is 4.90 Å². The number of nitrogens with zero attached hydrogens (tertiary/aromatic N) is 2. The Morgan fingerprint density at radius 1 is 1.11 bits per heavy atom. The van der Waals surface area contributed by atoms with Crippen molar-refractivity contribution in [1.29, 1.82) is 0 Å². The first-order chi connectivity index (χ1) is 13.5. The van der Waals surface area contributed by atoms with Crippen LogP contribution in [-0.2, 0) is 4.79 Å². The van der Waals surface area contributed by atoms with E-state index in [1.807, 2.05) is 53.4 Å². The molecule has 4 nitrogen and oxygen atoms in total. The molecule has 2 aromatic carbocycles. The van der Waals surface area contributed by atoms with E-state index in [4.69, 9.17) is 11.6 Å². The lowest BCUT2D eigenvalue weighted by atomic mass is 10.1. The van der Waals surface area contributed by atoms with Gasteiger partial charge in [0.1, 0.15) is 0 Å². The van der Waals surface area contributed by atoms with Crippen molar-refractivity contribution in [2.45, 2.75) is 24.2 Å². The lowest BCUT2D eigenvalue weighted by molar-refractivity contribution is -0.114. The Hall–Kier alpha value is -2.24. The molecule has 1 saturated heterocycles. The fourth-order valence-corrected chi connectivity index (χ4v) is 4.81. The zero-order valence-electron chi connectivity index (χ0n) is 15.7. The average Bonchev–Trinajstić information content (AvgIpc) is 2.73. The van der Waals surface area contributed by atoms with Crippen LogP contribution in [0, 0.1) is 0 Å². The number of piperidine rings is 1. The second kappa shape index (κ2) is 8.02. The quantitative estimate of drug-likeness (QED) is 0.646. The number of thioether (sulfide) groups is 1. The summed E-state index contributed by atoms with van der Waals surface area (Å²) in [6, 6.07) is 13.1. The zero-order chi connectivity index (χ0) is 19.7. The summed E-state index contributed by atoms with van der Waals surface area (Å²) in [4.78, 5) is 30.8. The number of carbonyl (C=O) groups excluding carboxylic acids is 2. The molecule has 0 radical (unpaired) electrons. The average molecular weight is 413 g/mol. The molecule has 0 unspecified atom stereocenters. The van der Waals surface area contributed by atoms with Crippen LogP contribution >= 0.6 is 23.4 Å². The molecule has 0 atom stereocenters. The van der Waals surface area contributed by atoms with E-state index in [1.54, 1.807) is 11.9 Å². The van der Waals surface area contributed by atoms with E-state index in [1.165, 1.54) is 18.2 Å². The molecule has 2 aliphatic rings. The number of likely N-dealkylation sites (N-methyl/N-ethyl adjacent to an activating group) is 1. The predicted molar refractivity (Wildman–Crippen MR) is 115 cm³/mol. The molecule has 2 aromatic rings. The summed E-state index contributed by atoms with van der Waals surface area (Å²) in [6.45, 7) is 1.62. The van der Waals surface area contributed by atoms with Gasteiger partial charge in [0.05, 0.1) is 10.6 Å². The molecule has 0 saturated carbocycles. The number of anilines is 1. The van der Waals surface area contributed by atoms with Crippen molar-refractivity contribution < 1.29 is 9.59 Å². The van der Waals surface area contributed by atoms with Gasteiger partial charge >= 0.3 is 0 Å². The van der Waals surface area contributed by atoms with E-state index in [0.29, 0.717) is 15.5 Å². The lowest BCUT2D eigenvalue weighted by Gasteiger charge is -2.29. The fourth-order valence-electron chi connectivity index (χ4n) is 3.54. The van der Waals surface area contributed by atoms with E-state index < -0.39 is 0 Å². The third kappa shape index (κ3) is 3.69. The van der Waals surface area contributed by atoms with Crippen molar-refractivity contribution in [3.05, 3.63) is 63.5 Å². The Balaban J connectivity index is 1.63. The number of hydrogen-bond donors (Lipinski definition) is 0. The monoisotopic (exact) mass is 412 g/mol. The van der Waals surface area contributed by atoms with Gasteiger partial charge in [0.2, 0.25) is 0 Å². The van der Waals surface area contributed by atoms with Crippen molar-refractivity contribution >= 4 is 46.9 Å². The third-order valence-corrected chi connectivity index (χ3v) is 6.56. The van der Waals surface area contributed by atoms with Gasteiger partial charge in [0, 0.05) is 35.6 Å². The highest BCUT2D eigenvalue weighted by Crippen LogP contribution is 2.42. The van der Waals surface area contributed by atoms with E-state index in [9.17, 15) is 9.59 Å². The second-order valence-electron chi connectivity index (χ2n) is 7.03. The minimum absolute atomic E-state index is 0.0470. The van der Waals surface area contributed by atoms with Crippen molar-refractivity contribution in [2.75, 3.05) is 25.0 Å². The number of benzene rings is 2. The molecule has 1 fully saturated rings. The number of hydrogen-bond acceptors (Lipinski definition) is 3. The van der Waals surface area contributed by atoms with Gasteiger partial charge in [0.25, 0.3) is 11.8 Å². The summed E-state index contributed by atoms with van der Waals surface area (Å²) in [5.74, 6) is -0.0502. The van der Waals surface area contributed by atoms with Gasteiger partial charge in [-0.3, -0.25) is 9.59 Å². The van der Waals surface area contributed by atoms with Gasteiger partial charge in [-0.25, -0.2) is 0 Å². The Labute approximate surface area is 174 Å². The largest absolute Gasteiger partial charge is 0.339 e. The van der Waals surface area contributed by atoms with Crippen molar-refractivity contribution in [2.24, 2.45) is 0 Å². The van der Waals surface area contributed by atoms with Crippen LogP contribution in [0.5, 0.6) is 0 Å². The number of carbonyl (C=O) groups is 2. The minimum Gasteiger partial charge on any atom is -0.339 e. The topological polar surface area (TPSA) is 40.6 Å². The molecule has 0 N–H and O–H groups in total. The number of fused-ring (bicyclic) bond motifs is 1. The number of halogens is 1. The molecular formula is C22H21ClN2O2S. The van der Waals surface area contributed by atoms with Crippen molar-refractivity contribution in [3.8, 4) is 0 Å². The molecule has 4 rings (SSSR count). The van der Waals surface area contributed by atoms with Crippen LogP contribution in [0.1, 0.15) is 35.2 Å². The molecule has 0 bridgehead atoms. The summed E-state index contributed by atoms with van der Waals surface area (Å²) >= 11 is 7.65. The molecular weight excluding hydrogens is 392 g/mol. The Bertz CT molecular complexity index is 967. The first-order valence-corrected chi connectivity index (χ1v) is 10.6. The van der Waals surface area contributed by atoms with E-state index in [2.05, 4.69) is 0 Å². The van der Waals surface area contributed by atoms with Crippen LogP contribution in [0.4, 0.5) is 5.69 Å². The van der Waals surface area contributed by atoms with Crippen molar-refractivity contribution in [1.82, 2.24) is 4.90 Å². The maximum atomic E-state index is 12.9. The molecule has 28 heavy (non-hydrogen) atoms.